The predicted octanol–water partition coefficient (Wildman–Crippen LogP) is 2.39. The second-order valence-electron chi connectivity index (χ2n) is 4.77. The van der Waals surface area contributed by atoms with Gasteiger partial charge in [-0.2, -0.15) is 18.4 Å². The number of benzene rings is 1. The fourth-order valence-corrected chi connectivity index (χ4v) is 1.77. The summed E-state index contributed by atoms with van der Waals surface area (Å²) in [5.74, 6) is -0.991. The predicted molar refractivity (Wildman–Crippen MR) is 86.8 cm³/mol. The first-order valence-corrected chi connectivity index (χ1v) is 7.51. The van der Waals surface area contributed by atoms with E-state index in [4.69, 9.17) is 5.26 Å². The highest BCUT2D eigenvalue weighted by molar-refractivity contribution is 6.06. The highest BCUT2D eigenvalue weighted by Gasteiger charge is 2.33. The Morgan fingerprint density at radius 3 is 2.58 bits per heavy atom. The van der Waals surface area contributed by atoms with Crippen LogP contribution >= 0.6 is 0 Å². The van der Waals surface area contributed by atoms with Gasteiger partial charge in [-0.15, -0.1) is 0 Å². The van der Waals surface area contributed by atoms with Crippen molar-refractivity contribution in [1.82, 2.24) is 10.6 Å². The largest absolute Gasteiger partial charge is 0.450 e. The minimum absolute atomic E-state index is 0.159. The van der Waals surface area contributed by atoms with Crippen LogP contribution in [0.5, 0.6) is 0 Å². The summed E-state index contributed by atoms with van der Waals surface area (Å²) in [4.78, 5) is 23.0. The molecule has 7 nitrogen and oxygen atoms in total. The molecule has 0 aromatic heterocycles. The first kappa shape index (κ1) is 20.8. The second kappa shape index (κ2) is 9.93. The smallest absolute Gasteiger partial charge is 0.418 e. The van der Waals surface area contributed by atoms with Gasteiger partial charge in [-0.25, -0.2) is 4.79 Å². The normalized spacial score (nSPS) is 11.3. The Bertz CT molecular complexity index is 711. The molecule has 2 amide bonds. The number of nitrogens with one attached hydrogen (secondary N) is 3. The van der Waals surface area contributed by atoms with Crippen LogP contribution in [-0.4, -0.2) is 31.7 Å². The monoisotopic (exact) mass is 370 g/mol. The number of ether oxygens (including phenoxy) is 1. The van der Waals surface area contributed by atoms with Crippen LogP contribution in [0.25, 0.3) is 0 Å². The molecule has 1 rings (SSSR count). The number of nitriles is 1. The molecule has 0 saturated carbocycles. The van der Waals surface area contributed by atoms with E-state index in [0.717, 1.165) is 18.3 Å². The van der Waals surface area contributed by atoms with Gasteiger partial charge in [0.1, 0.15) is 11.6 Å². The molecule has 0 aliphatic heterocycles. The van der Waals surface area contributed by atoms with Gasteiger partial charge in [-0.1, -0.05) is 12.1 Å². The molecule has 10 heteroatoms. The van der Waals surface area contributed by atoms with Gasteiger partial charge in [0.2, 0.25) is 0 Å². The molecule has 0 bridgehead atoms. The number of carbonyl (C=O) groups excluding carboxylic acids is 2. The van der Waals surface area contributed by atoms with E-state index < -0.39 is 35.0 Å². The average Bonchev–Trinajstić information content (AvgIpc) is 2.57. The van der Waals surface area contributed by atoms with Gasteiger partial charge in [0.25, 0.3) is 5.91 Å². The summed E-state index contributed by atoms with van der Waals surface area (Å²) in [6.07, 6.45) is -4.20. The van der Waals surface area contributed by atoms with E-state index in [1.807, 2.05) is 0 Å². The SMILES string of the molecule is CCOC(=O)NCCN/C=C(/C#N)C(=O)Nc1ccccc1C(F)(F)F. The van der Waals surface area contributed by atoms with Crippen molar-refractivity contribution < 1.29 is 27.5 Å². The van der Waals surface area contributed by atoms with E-state index in [1.54, 1.807) is 13.0 Å². The number of anilines is 1. The first-order chi connectivity index (χ1) is 12.3. The zero-order valence-corrected chi connectivity index (χ0v) is 13.8. The molecule has 1 aromatic rings. The summed E-state index contributed by atoms with van der Waals surface area (Å²) >= 11 is 0. The number of hydrogen-bond donors (Lipinski definition) is 3. The summed E-state index contributed by atoms with van der Waals surface area (Å²) in [6, 6.07) is 6.03. The lowest BCUT2D eigenvalue weighted by Crippen LogP contribution is -2.31. The molecule has 0 aliphatic carbocycles. The minimum Gasteiger partial charge on any atom is -0.450 e. The van der Waals surface area contributed by atoms with Crippen LogP contribution in [0.1, 0.15) is 12.5 Å². The molecule has 0 radical (unpaired) electrons. The van der Waals surface area contributed by atoms with Crippen LogP contribution in [0.2, 0.25) is 0 Å². The maximum atomic E-state index is 12.9. The Labute approximate surface area is 147 Å². The molecule has 0 unspecified atom stereocenters. The Balaban J connectivity index is 2.65. The maximum absolute atomic E-state index is 12.9. The number of carbonyl (C=O) groups is 2. The topological polar surface area (TPSA) is 103 Å². The summed E-state index contributed by atoms with van der Waals surface area (Å²) in [6.45, 7) is 2.20. The standard InChI is InChI=1S/C16H17F3N4O3/c1-2-26-15(25)22-8-7-21-10-11(9-20)14(24)23-13-6-4-3-5-12(13)16(17,18)19/h3-6,10,21H,2,7-8H2,1H3,(H,22,25)(H,23,24)/b11-10-. The molecule has 0 aliphatic rings. The van der Waals surface area contributed by atoms with Gasteiger partial charge in [-0.3, -0.25) is 4.79 Å². The van der Waals surface area contributed by atoms with Crippen molar-refractivity contribution in [3.63, 3.8) is 0 Å². The molecular formula is C16H17F3N4O3. The Morgan fingerprint density at radius 2 is 1.96 bits per heavy atom. The third-order valence-corrected chi connectivity index (χ3v) is 2.91. The van der Waals surface area contributed by atoms with Gasteiger partial charge in [-0.05, 0) is 19.1 Å². The van der Waals surface area contributed by atoms with Crippen LogP contribution in [0.3, 0.4) is 0 Å². The zero-order chi connectivity index (χ0) is 19.6. The Morgan fingerprint density at radius 1 is 1.27 bits per heavy atom. The second-order valence-corrected chi connectivity index (χ2v) is 4.77. The molecule has 0 spiro atoms. The lowest BCUT2D eigenvalue weighted by molar-refractivity contribution is -0.137. The van der Waals surface area contributed by atoms with Crippen molar-refractivity contribution in [3.05, 3.63) is 41.6 Å². The van der Waals surface area contributed by atoms with Crippen LogP contribution in [0, 0.1) is 11.3 Å². The third kappa shape index (κ3) is 6.72. The fourth-order valence-electron chi connectivity index (χ4n) is 1.77. The summed E-state index contributed by atoms with van der Waals surface area (Å²) in [7, 11) is 0. The van der Waals surface area contributed by atoms with Crippen LogP contribution in [0.15, 0.2) is 36.0 Å². The van der Waals surface area contributed by atoms with Gasteiger partial charge >= 0.3 is 12.3 Å². The number of alkyl halides is 3. The summed E-state index contributed by atoms with van der Waals surface area (Å²) < 4.78 is 43.3. The summed E-state index contributed by atoms with van der Waals surface area (Å²) in [5, 5.41) is 16.1. The van der Waals surface area contributed by atoms with Gasteiger partial charge in [0.15, 0.2) is 0 Å². The Kier molecular flexibility index (Phi) is 7.95. The quantitative estimate of drug-likeness (QED) is 0.388. The molecule has 0 saturated heterocycles. The molecular weight excluding hydrogens is 353 g/mol. The van der Waals surface area contributed by atoms with Crippen LogP contribution < -0.4 is 16.0 Å². The van der Waals surface area contributed by atoms with E-state index in [9.17, 15) is 22.8 Å². The van der Waals surface area contributed by atoms with E-state index in [0.29, 0.717) is 0 Å². The molecule has 26 heavy (non-hydrogen) atoms. The molecule has 140 valence electrons. The van der Waals surface area contributed by atoms with Crippen molar-refractivity contribution in [1.29, 1.82) is 5.26 Å². The molecule has 0 heterocycles. The van der Waals surface area contributed by atoms with Gasteiger partial charge in [0.05, 0.1) is 17.9 Å². The lowest BCUT2D eigenvalue weighted by atomic mass is 10.1. The van der Waals surface area contributed by atoms with Gasteiger partial charge < -0.3 is 20.7 Å². The third-order valence-electron chi connectivity index (χ3n) is 2.91. The molecule has 1 aromatic carbocycles. The van der Waals surface area contributed by atoms with Crippen molar-refractivity contribution in [2.75, 3.05) is 25.0 Å². The first-order valence-electron chi connectivity index (χ1n) is 7.51. The molecule has 0 fully saturated rings. The zero-order valence-electron chi connectivity index (χ0n) is 13.8. The fraction of sp³-hybridized carbons (Fsp3) is 0.312. The highest BCUT2D eigenvalue weighted by atomic mass is 19.4. The number of halogens is 3. The number of rotatable bonds is 7. The lowest BCUT2D eigenvalue weighted by Gasteiger charge is -2.13. The van der Waals surface area contributed by atoms with Crippen molar-refractivity contribution in [2.45, 2.75) is 13.1 Å². The maximum Gasteiger partial charge on any atom is 0.418 e. The summed E-state index contributed by atoms with van der Waals surface area (Å²) in [5.41, 5.74) is -1.88. The Hall–Kier alpha value is -3.22. The molecule has 0 atom stereocenters. The van der Waals surface area contributed by atoms with E-state index in [1.165, 1.54) is 12.1 Å². The van der Waals surface area contributed by atoms with E-state index in [2.05, 4.69) is 20.7 Å². The number of para-hydroxylation sites is 1. The number of nitrogens with zero attached hydrogens (tertiary/aromatic N) is 1. The highest BCUT2D eigenvalue weighted by Crippen LogP contribution is 2.34. The van der Waals surface area contributed by atoms with Crippen LogP contribution in [-0.2, 0) is 15.7 Å². The van der Waals surface area contributed by atoms with Crippen molar-refractivity contribution in [3.8, 4) is 6.07 Å². The van der Waals surface area contributed by atoms with E-state index in [-0.39, 0.29) is 19.7 Å². The van der Waals surface area contributed by atoms with Gasteiger partial charge in [0, 0.05) is 19.3 Å². The van der Waals surface area contributed by atoms with Crippen LogP contribution in [0.4, 0.5) is 23.7 Å². The van der Waals surface area contributed by atoms with E-state index >= 15 is 0 Å². The van der Waals surface area contributed by atoms with Crippen molar-refractivity contribution in [2.24, 2.45) is 0 Å². The number of alkyl carbamates (subject to hydrolysis) is 1. The number of hydrogen-bond acceptors (Lipinski definition) is 5. The van der Waals surface area contributed by atoms with Crippen molar-refractivity contribution >= 4 is 17.7 Å². The molecule has 3 N–H and O–H groups in total. The average molecular weight is 370 g/mol. The number of amides is 2. The minimum atomic E-state index is -4.64.